The molecule has 0 radical (unpaired) electrons. The standard InChI is InChI=1S/C14H28N2O6S/c1-9(2)7-11(13(17)21-5)15-23(19,20)16-12(8-10(3)4)14(18)22-6/h9-12,15-16H,7-8H2,1-6H3/t11-,12-/m0/s1. The summed E-state index contributed by atoms with van der Waals surface area (Å²) in [5, 5.41) is 0. The van der Waals surface area contributed by atoms with Crippen LogP contribution in [0.1, 0.15) is 40.5 Å². The van der Waals surface area contributed by atoms with Crippen molar-refractivity contribution in [3.05, 3.63) is 0 Å². The van der Waals surface area contributed by atoms with Gasteiger partial charge in [-0.1, -0.05) is 27.7 Å². The number of carbonyl (C=O) groups is 2. The average molecular weight is 352 g/mol. The number of nitrogens with one attached hydrogen (secondary N) is 2. The van der Waals surface area contributed by atoms with Gasteiger partial charge in [-0.25, -0.2) is 0 Å². The number of methoxy groups -OCH3 is 2. The third-order valence-electron chi connectivity index (χ3n) is 2.98. The van der Waals surface area contributed by atoms with Gasteiger partial charge < -0.3 is 9.47 Å². The van der Waals surface area contributed by atoms with Crippen molar-refractivity contribution >= 4 is 22.1 Å². The highest BCUT2D eigenvalue weighted by Gasteiger charge is 2.30. The van der Waals surface area contributed by atoms with Gasteiger partial charge in [0.05, 0.1) is 14.2 Å². The second-order valence-corrected chi connectivity index (χ2v) is 7.63. The summed E-state index contributed by atoms with van der Waals surface area (Å²) in [5.41, 5.74) is 0. The van der Waals surface area contributed by atoms with Gasteiger partial charge in [-0.15, -0.1) is 0 Å². The van der Waals surface area contributed by atoms with Crippen LogP contribution in [0.2, 0.25) is 0 Å². The molecule has 0 rings (SSSR count). The number of carbonyl (C=O) groups excluding carboxylic acids is 2. The summed E-state index contributed by atoms with van der Waals surface area (Å²) in [6.45, 7) is 7.42. The Hall–Kier alpha value is -1.19. The fourth-order valence-electron chi connectivity index (χ4n) is 2.02. The SMILES string of the molecule is COC(=O)[C@H](CC(C)C)NS(=O)(=O)N[C@@H](CC(C)C)C(=O)OC. The normalized spacial score (nSPS) is 14.6. The first-order valence-electron chi connectivity index (χ1n) is 7.47. The minimum absolute atomic E-state index is 0.0777. The van der Waals surface area contributed by atoms with E-state index < -0.39 is 34.2 Å². The van der Waals surface area contributed by atoms with Crippen molar-refractivity contribution in [1.82, 2.24) is 9.44 Å². The molecular formula is C14H28N2O6S. The second-order valence-electron chi connectivity index (χ2n) is 6.15. The highest BCUT2D eigenvalue weighted by molar-refractivity contribution is 7.87. The van der Waals surface area contributed by atoms with Crippen LogP contribution >= 0.6 is 0 Å². The quantitative estimate of drug-likeness (QED) is 0.557. The summed E-state index contributed by atoms with van der Waals surface area (Å²) >= 11 is 0. The molecule has 0 fully saturated rings. The second kappa shape index (κ2) is 9.84. The third kappa shape index (κ3) is 8.87. The van der Waals surface area contributed by atoms with Crippen molar-refractivity contribution in [2.75, 3.05) is 14.2 Å². The van der Waals surface area contributed by atoms with E-state index in [1.807, 2.05) is 27.7 Å². The van der Waals surface area contributed by atoms with Gasteiger partial charge in [-0.3, -0.25) is 9.59 Å². The fraction of sp³-hybridized carbons (Fsp3) is 0.857. The van der Waals surface area contributed by atoms with E-state index in [4.69, 9.17) is 0 Å². The van der Waals surface area contributed by atoms with Crippen LogP contribution in [0.4, 0.5) is 0 Å². The van der Waals surface area contributed by atoms with E-state index in [2.05, 4.69) is 18.9 Å². The summed E-state index contributed by atoms with van der Waals surface area (Å²) in [7, 11) is -1.71. The maximum atomic E-state index is 12.2. The van der Waals surface area contributed by atoms with Crippen LogP contribution in [0.3, 0.4) is 0 Å². The van der Waals surface area contributed by atoms with E-state index in [1.54, 1.807) is 0 Å². The van der Waals surface area contributed by atoms with Crippen molar-refractivity contribution in [2.45, 2.75) is 52.6 Å². The molecule has 0 aromatic rings. The molecule has 2 N–H and O–H groups in total. The van der Waals surface area contributed by atoms with Gasteiger partial charge in [-0.2, -0.15) is 17.9 Å². The third-order valence-corrected chi connectivity index (χ3v) is 4.17. The molecule has 23 heavy (non-hydrogen) atoms. The summed E-state index contributed by atoms with van der Waals surface area (Å²) < 4.78 is 38.1. The first-order valence-corrected chi connectivity index (χ1v) is 8.95. The van der Waals surface area contributed by atoms with E-state index in [1.165, 1.54) is 14.2 Å². The van der Waals surface area contributed by atoms with Crippen molar-refractivity contribution in [3.63, 3.8) is 0 Å². The minimum Gasteiger partial charge on any atom is -0.468 e. The molecule has 0 spiro atoms. The number of hydrogen-bond acceptors (Lipinski definition) is 6. The molecule has 0 saturated heterocycles. The lowest BCUT2D eigenvalue weighted by Crippen LogP contribution is -2.52. The van der Waals surface area contributed by atoms with Gasteiger partial charge in [0, 0.05) is 0 Å². The van der Waals surface area contributed by atoms with Gasteiger partial charge in [-0.05, 0) is 24.7 Å². The first kappa shape index (κ1) is 21.8. The summed E-state index contributed by atoms with van der Waals surface area (Å²) in [5.74, 6) is -1.20. The van der Waals surface area contributed by atoms with Crippen LogP contribution in [0, 0.1) is 11.8 Å². The molecule has 0 aromatic carbocycles. The predicted molar refractivity (Wildman–Crippen MR) is 85.7 cm³/mol. The predicted octanol–water partition coefficient (Wildman–Crippen LogP) is 0.586. The monoisotopic (exact) mass is 352 g/mol. The number of ether oxygens (including phenoxy) is 2. The van der Waals surface area contributed by atoms with E-state index >= 15 is 0 Å². The lowest BCUT2D eigenvalue weighted by Gasteiger charge is -2.22. The van der Waals surface area contributed by atoms with Crippen LogP contribution in [-0.4, -0.2) is 46.7 Å². The smallest absolute Gasteiger partial charge is 0.323 e. The average Bonchev–Trinajstić information content (AvgIpc) is 2.42. The molecule has 0 amide bonds. The Labute approximate surface area is 138 Å². The van der Waals surface area contributed by atoms with Gasteiger partial charge in [0.25, 0.3) is 10.2 Å². The molecular weight excluding hydrogens is 324 g/mol. The topological polar surface area (TPSA) is 111 Å². The van der Waals surface area contributed by atoms with E-state index in [-0.39, 0.29) is 24.7 Å². The van der Waals surface area contributed by atoms with Crippen LogP contribution in [-0.2, 0) is 29.3 Å². The van der Waals surface area contributed by atoms with Crippen molar-refractivity contribution < 1.29 is 27.5 Å². The van der Waals surface area contributed by atoms with Crippen molar-refractivity contribution in [2.24, 2.45) is 11.8 Å². The molecule has 136 valence electrons. The molecule has 9 heteroatoms. The maximum absolute atomic E-state index is 12.2. The van der Waals surface area contributed by atoms with Gasteiger partial charge in [0.2, 0.25) is 0 Å². The highest BCUT2D eigenvalue weighted by atomic mass is 32.2. The molecule has 0 saturated carbocycles. The molecule has 0 unspecified atom stereocenters. The molecule has 0 aliphatic carbocycles. The number of esters is 2. The fourth-order valence-corrected chi connectivity index (χ4v) is 3.22. The Balaban J connectivity index is 5.11. The molecule has 8 nitrogen and oxygen atoms in total. The zero-order valence-electron chi connectivity index (χ0n) is 14.6. The Bertz CT molecular complexity index is 451. The Morgan fingerprint density at radius 3 is 1.35 bits per heavy atom. The zero-order valence-corrected chi connectivity index (χ0v) is 15.4. The number of hydrogen-bond donors (Lipinski definition) is 2. The van der Waals surface area contributed by atoms with Gasteiger partial charge in [0.1, 0.15) is 12.1 Å². The van der Waals surface area contributed by atoms with Crippen molar-refractivity contribution in [1.29, 1.82) is 0 Å². The Kier molecular flexibility index (Phi) is 9.33. The van der Waals surface area contributed by atoms with Crippen LogP contribution in [0.25, 0.3) is 0 Å². The van der Waals surface area contributed by atoms with Crippen LogP contribution in [0.15, 0.2) is 0 Å². The first-order chi connectivity index (χ1) is 10.5. The summed E-state index contributed by atoms with van der Waals surface area (Å²) in [4.78, 5) is 23.4. The number of rotatable bonds is 10. The molecule has 0 aromatic heterocycles. The van der Waals surface area contributed by atoms with E-state index in [0.717, 1.165) is 0 Å². The molecule has 0 aliphatic heterocycles. The molecule has 0 heterocycles. The minimum atomic E-state index is -4.08. The Morgan fingerprint density at radius 2 is 1.13 bits per heavy atom. The van der Waals surface area contributed by atoms with Crippen LogP contribution in [0.5, 0.6) is 0 Å². The zero-order chi connectivity index (χ0) is 18.2. The lowest BCUT2D eigenvalue weighted by atomic mass is 10.1. The van der Waals surface area contributed by atoms with Gasteiger partial charge in [0.15, 0.2) is 0 Å². The van der Waals surface area contributed by atoms with E-state index in [9.17, 15) is 18.0 Å². The largest absolute Gasteiger partial charge is 0.468 e. The maximum Gasteiger partial charge on any atom is 0.323 e. The summed E-state index contributed by atoms with van der Waals surface area (Å²) in [6, 6.07) is -2.04. The van der Waals surface area contributed by atoms with E-state index in [0.29, 0.717) is 0 Å². The van der Waals surface area contributed by atoms with Gasteiger partial charge >= 0.3 is 11.9 Å². The summed E-state index contributed by atoms with van der Waals surface area (Å²) in [6.07, 6.45) is 0.557. The highest BCUT2D eigenvalue weighted by Crippen LogP contribution is 2.10. The molecule has 0 aliphatic rings. The van der Waals surface area contributed by atoms with Crippen LogP contribution < -0.4 is 9.44 Å². The van der Waals surface area contributed by atoms with Crippen molar-refractivity contribution in [3.8, 4) is 0 Å². The molecule has 0 bridgehead atoms. The molecule has 2 atom stereocenters. The Morgan fingerprint density at radius 1 is 0.826 bits per heavy atom. The lowest BCUT2D eigenvalue weighted by molar-refractivity contribution is -0.143.